The van der Waals surface area contributed by atoms with Crippen LogP contribution in [0.3, 0.4) is 0 Å². The number of nitrogens with one attached hydrogen (secondary N) is 1. The average Bonchev–Trinajstić information content (AvgIpc) is 2.68. The van der Waals surface area contributed by atoms with E-state index in [1.165, 1.54) is 10.6 Å². The largest absolute Gasteiger partial charge is 0.497 e. The molecule has 0 bridgehead atoms. The molecule has 0 radical (unpaired) electrons. The Hall–Kier alpha value is -1.84. The lowest BCUT2D eigenvalue weighted by molar-refractivity contribution is -0.0542. The van der Waals surface area contributed by atoms with Gasteiger partial charge in [0.05, 0.1) is 25.6 Å². The molecule has 28 heavy (non-hydrogen) atoms. The van der Waals surface area contributed by atoms with Gasteiger partial charge >= 0.3 is 6.03 Å². The third kappa shape index (κ3) is 5.59. The summed E-state index contributed by atoms with van der Waals surface area (Å²) in [4.78, 5) is 14.3. The van der Waals surface area contributed by atoms with Gasteiger partial charge in [-0.15, -0.1) is 0 Å². The smallest absolute Gasteiger partial charge is 0.321 e. The zero-order valence-corrected chi connectivity index (χ0v) is 17.3. The Morgan fingerprint density at radius 1 is 1.07 bits per heavy atom. The van der Waals surface area contributed by atoms with Gasteiger partial charge in [-0.3, -0.25) is 0 Å². The molecular formula is C19H29N3O5S. The van der Waals surface area contributed by atoms with Crippen molar-refractivity contribution < 1.29 is 22.7 Å². The molecule has 0 spiro atoms. The number of amides is 2. The highest BCUT2D eigenvalue weighted by Gasteiger charge is 2.29. The van der Waals surface area contributed by atoms with Crippen LogP contribution < -0.4 is 10.1 Å². The van der Waals surface area contributed by atoms with Crippen molar-refractivity contribution in [3.05, 3.63) is 24.3 Å². The Bertz CT molecular complexity index is 770. The van der Waals surface area contributed by atoms with Crippen LogP contribution in [0.15, 0.2) is 24.3 Å². The van der Waals surface area contributed by atoms with Gasteiger partial charge in [-0.2, -0.15) is 0 Å². The molecule has 0 unspecified atom stereocenters. The first-order valence-corrected chi connectivity index (χ1v) is 11.5. The summed E-state index contributed by atoms with van der Waals surface area (Å²) in [7, 11) is -1.52. The molecule has 0 aromatic heterocycles. The number of nitrogens with zero attached hydrogens (tertiary/aromatic N) is 2. The van der Waals surface area contributed by atoms with E-state index in [4.69, 9.17) is 9.47 Å². The first-order chi connectivity index (χ1) is 13.3. The van der Waals surface area contributed by atoms with Gasteiger partial charge < -0.3 is 19.7 Å². The number of sulfonamides is 1. The zero-order valence-electron chi connectivity index (χ0n) is 16.5. The summed E-state index contributed by atoms with van der Waals surface area (Å²) < 4.78 is 36.0. The molecule has 9 heteroatoms. The fourth-order valence-electron chi connectivity index (χ4n) is 3.67. The molecule has 2 fully saturated rings. The van der Waals surface area contributed by atoms with E-state index < -0.39 is 10.0 Å². The van der Waals surface area contributed by atoms with Crippen molar-refractivity contribution in [3.63, 3.8) is 0 Å². The summed E-state index contributed by atoms with van der Waals surface area (Å²) in [6, 6.07) is 7.17. The predicted molar refractivity (Wildman–Crippen MR) is 107 cm³/mol. The van der Waals surface area contributed by atoms with Crippen LogP contribution >= 0.6 is 0 Å². The van der Waals surface area contributed by atoms with Crippen molar-refractivity contribution in [2.45, 2.75) is 37.9 Å². The summed E-state index contributed by atoms with van der Waals surface area (Å²) in [5.74, 6) is 0.701. The first kappa shape index (κ1) is 20.9. The average molecular weight is 412 g/mol. The summed E-state index contributed by atoms with van der Waals surface area (Å²) in [6.07, 6.45) is 4.50. The highest BCUT2D eigenvalue weighted by molar-refractivity contribution is 7.88. The van der Waals surface area contributed by atoms with Gasteiger partial charge in [-0.05, 0) is 37.8 Å². The topological polar surface area (TPSA) is 88.2 Å². The molecule has 1 aromatic rings. The molecule has 0 atom stereocenters. The maximum atomic E-state index is 12.5. The number of piperidine rings is 2. The minimum atomic E-state index is -3.11. The molecule has 1 N–H and O–H groups in total. The Labute approximate surface area is 166 Å². The Morgan fingerprint density at radius 3 is 2.25 bits per heavy atom. The molecule has 0 saturated carbocycles. The third-order valence-corrected chi connectivity index (χ3v) is 6.61. The summed E-state index contributed by atoms with van der Waals surface area (Å²) in [6.45, 7) is 2.32. The monoisotopic (exact) mass is 411 g/mol. The molecule has 2 saturated heterocycles. The minimum Gasteiger partial charge on any atom is -0.497 e. The van der Waals surface area contributed by atoms with Gasteiger partial charge in [-0.25, -0.2) is 17.5 Å². The van der Waals surface area contributed by atoms with Gasteiger partial charge in [0.25, 0.3) is 0 Å². The highest BCUT2D eigenvalue weighted by Crippen LogP contribution is 2.23. The van der Waals surface area contributed by atoms with Crippen LogP contribution in [0.2, 0.25) is 0 Å². The summed E-state index contributed by atoms with van der Waals surface area (Å²) >= 11 is 0. The van der Waals surface area contributed by atoms with E-state index in [0.29, 0.717) is 37.6 Å². The molecule has 2 heterocycles. The second kappa shape index (κ2) is 9.11. The van der Waals surface area contributed by atoms with E-state index in [1.807, 2.05) is 18.2 Å². The number of carbonyl (C=O) groups is 1. The lowest BCUT2D eigenvalue weighted by Crippen LogP contribution is -2.45. The second-order valence-corrected chi connectivity index (χ2v) is 9.33. The van der Waals surface area contributed by atoms with E-state index in [2.05, 4.69) is 5.32 Å². The molecule has 2 amide bonds. The number of ether oxygens (including phenoxy) is 2. The van der Waals surface area contributed by atoms with Crippen molar-refractivity contribution in [1.82, 2.24) is 9.21 Å². The van der Waals surface area contributed by atoms with Gasteiger partial charge in [0.15, 0.2) is 0 Å². The molecule has 3 rings (SSSR count). The number of hydrogen-bond donors (Lipinski definition) is 1. The number of rotatable bonds is 5. The van der Waals surface area contributed by atoms with Crippen molar-refractivity contribution in [2.24, 2.45) is 0 Å². The molecule has 156 valence electrons. The highest BCUT2D eigenvalue weighted by atomic mass is 32.2. The fraction of sp³-hybridized carbons (Fsp3) is 0.632. The lowest BCUT2D eigenvalue weighted by Gasteiger charge is -2.36. The maximum Gasteiger partial charge on any atom is 0.321 e. The predicted octanol–water partition coefficient (Wildman–Crippen LogP) is 2.13. The molecular weight excluding hydrogens is 382 g/mol. The summed E-state index contributed by atoms with van der Waals surface area (Å²) in [5.41, 5.74) is 0.709. The number of benzene rings is 1. The van der Waals surface area contributed by atoms with Crippen molar-refractivity contribution in [2.75, 3.05) is 44.9 Å². The molecule has 2 aliphatic heterocycles. The Balaban J connectivity index is 1.41. The number of urea groups is 1. The summed E-state index contributed by atoms with van der Waals surface area (Å²) in [5, 5.41) is 2.91. The normalized spacial score (nSPS) is 20.1. The van der Waals surface area contributed by atoms with Crippen molar-refractivity contribution in [3.8, 4) is 5.75 Å². The molecule has 0 aliphatic carbocycles. The first-order valence-electron chi connectivity index (χ1n) is 9.65. The quantitative estimate of drug-likeness (QED) is 0.802. The SMILES string of the molecule is COc1cccc(NC(=O)N2CCC(OC3CCN(S(C)(=O)=O)CC3)CC2)c1. The van der Waals surface area contributed by atoms with Crippen LogP contribution in [0.1, 0.15) is 25.7 Å². The number of methoxy groups -OCH3 is 1. The second-order valence-electron chi connectivity index (χ2n) is 7.35. The van der Waals surface area contributed by atoms with E-state index in [1.54, 1.807) is 18.1 Å². The zero-order chi connectivity index (χ0) is 20.1. The number of carbonyl (C=O) groups excluding carboxylic acids is 1. The maximum absolute atomic E-state index is 12.5. The van der Waals surface area contributed by atoms with Crippen LogP contribution in [0.25, 0.3) is 0 Å². The van der Waals surface area contributed by atoms with E-state index >= 15 is 0 Å². The molecule has 1 aromatic carbocycles. The van der Waals surface area contributed by atoms with Crippen molar-refractivity contribution in [1.29, 1.82) is 0 Å². The molecule has 8 nitrogen and oxygen atoms in total. The van der Waals surface area contributed by atoms with E-state index in [0.717, 1.165) is 25.7 Å². The van der Waals surface area contributed by atoms with Crippen LogP contribution in [0, 0.1) is 0 Å². The van der Waals surface area contributed by atoms with Crippen LogP contribution in [0.5, 0.6) is 5.75 Å². The fourth-order valence-corrected chi connectivity index (χ4v) is 4.54. The van der Waals surface area contributed by atoms with E-state index in [-0.39, 0.29) is 18.2 Å². The standard InChI is InChI=1S/C19H29N3O5S/c1-26-18-5-3-4-15(14-18)20-19(23)21-10-6-16(7-11-21)27-17-8-12-22(13-9-17)28(2,24)25/h3-5,14,16-17H,6-13H2,1-2H3,(H,20,23). The Morgan fingerprint density at radius 2 is 1.68 bits per heavy atom. The van der Waals surface area contributed by atoms with Crippen LogP contribution in [0.4, 0.5) is 10.5 Å². The van der Waals surface area contributed by atoms with E-state index in [9.17, 15) is 13.2 Å². The number of anilines is 1. The van der Waals surface area contributed by atoms with Gasteiger partial charge in [0, 0.05) is 37.9 Å². The molecule has 2 aliphatic rings. The number of hydrogen-bond acceptors (Lipinski definition) is 5. The number of likely N-dealkylation sites (tertiary alicyclic amines) is 1. The third-order valence-electron chi connectivity index (χ3n) is 5.31. The minimum absolute atomic E-state index is 0.0974. The van der Waals surface area contributed by atoms with Crippen molar-refractivity contribution >= 4 is 21.7 Å². The Kier molecular flexibility index (Phi) is 6.79. The van der Waals surface area contributed by atoms with Crippen LogP contribution in [-0.2, 0) is 14.8 Å². The van der Waals surface area contributed by atoms with Gasteiger partial charge in [0.1, 0.15) is 5.75 Å². The van der Waals surface area contributed by atoms with Crippen LogP contribution in [-0.4, -0.2) is 75.4 Å². The van der Waals surface area contributed by atoms with Gasteiger partial charge in [-0.1, -0.05) is 6.07 Å². The lowest BCUT2D eigenvalue weighted by atomic mass is 10.1. The van der Waals surface area contributed by atoms with Gasteiger partial charge in [0.2, 0.25) is 10.0 Å².